The highest BCUT2D eigenvalue weighted by Crippen LogP contribution is 2.43. The molecule has 0 fully saturated rings. The lowest BCUT2D eigenvalue weighted by Crippen LogP contribution is -2.45. The first-order valence-corrected chi connectivity index (χ1v) is 7.56. The van der Waals surface area contributed by atoms with Crippen molar-refractivity contribution in [2.75, 3.05) is 4.90 Å². The van der Waals surface area contributed by atoms with Gasteiger partial charge in [-0.05, 0) is 26.8 Å². The van der Waals surface area contributed by atoms with Crippen LogP contribution in [-0.2, 0) is 23.8 Å². The minimum Gasteiger partial charge on any atom is -0.451 e. The number of ether oxygens (including phenoxy) is 3. The summed E-state index contributed by atoms with van der Waals surface area (Å²) in [6, 6.07) is 6.87. The van der Waals surface area contributed by atoms with Crippen LogP contribution in [-0.4, -0.2) is 29.9 Å². The summed E-state index contributed by atoms with van der Waals surface area (Å²) >= 11 is 0. The molecule has 0 saturated carbocycles. The third kappa shape index (κ3) is 3.84. The molecule has 1 heterocycles. The first kappa shape index (κ1) is 17.8. The van der Waals surface area contributed by atoms with Gasteiger partial charge in [0.15, 0.2) is 6.10 Å². The highest BCUT2D eigenvalue weighted by molar-refractivity contribution is 5.92. The number of nitrogens with zero attached hydrogens (tertiary/aromatic N) is 1. The van der Waals surface area contributed by atoms with Crippen molar-refractivity contribution in [2.24, 2.45) is 0 Å². The maximum atomic E-state index is 12.6. The summed E-state index contributed by atoms with van der Waals surface area (Å²) in [7, 11) is 0. The third-order valence-corrected chi connectivity index (χ3v) is 3.19. The molecule has 2 atom stereocenters. The molecule has 0 N–H and O–H groups in total. The molecule has 7 nitrogen and oxygen atoms in total. The Morgan fingerprint density at radius 3 is 2.12 bits per heavy atom. The number of amides is 1. The second kappa shape index (κ2) is 6.51. The molecule has 1 amide bonds. The van der Waals surface area contributed by atoms with Gasteiger partial charge in [0.2, 0.25) is 6.23 Å². The number of fused-ring (bicyclic) bond motifs is 1. The fraction of sp³-hybridized carbons (Fsp3) is 0.471. The Labute approximate surface area is 140 Å². The molecule has 130 valence electrons. The van der Waals surface area contributed by atoms with E-state index in [9.17, 15) is 14.4 Å². The van der Waals surface area contributed by atoms with E-state index >= 15 is 0 Å². The van der Waals surface area contributed by atoms with E-state index in [0.29, 0.717) is 11.3 Å². The van der Waals surface area contributed by atoms with Crippen molar-refractivity contribution in [1.82, 2.24) is 0 Å². The number of anilines is 1. The van der Waals surface area contributed by atoms with Gasteiger partial charge in [0.05, 0.1) is 5.69 Å². The van der Waals surface area contributed by atoms with Crippen molar-refractivity contribution in [3.63, 3.8) is 0 Å². The fourth-order valence-corrected chi connectivity index (χ4v) is 2.47. The highest BCUT2D eigenvalue weighted by atomic mass is 16.6. The summed E-state index contributed by atoms with van der Waals surface area (Å²) in [5, 5.41) is 0. The molecule has 0 bridgehead atoms. The predicted octanol–water partition coefficient (Wildman–Crippen LogP) is 2.94. The predicted molar refractivity (Wildman–Crippen MR) is 85.2 cm³/mol. The van der Waals surface area contributed by atoms with E-state index in [1.54, 1.807) is 45.0 Å². The van der Waals surface area contributed by atoms with Gasteiger partial charge < -0.3 is 14.2 Å². The van der Waals surface area contributed by atoms with Crippen molar-refractivity contribution in [3.8, 4) is 0 Å². The summed E-state index contributed by atoms with van der Waals surface area (Å²) in [5.74, 6) is -1.14. The lowest BCUT2D eigenvalue weighted by atomic mass is 10.1. The number of hydrogen-bond donors (Lipinski definition) is 0. The summed E-state index contributed by atoms with van der Waals surface area (Å²) in [5.41, 5.74) is 0.320. The second-order valence-corrected chi connectivity index (χ2v) is 6.44. The van der Waals surface area contributed by atoms with Crippen molar-refractivity contribution >= 4 is 23.7 Å². The fourth-order valence-electron chi connectivity index (χ4n) is 2.47. The summed E-state index contributed by atoms with van der Waals surface area (Å²) in [4.78, 5) is 36.8. The minimum absolute atomic E-state index is 0.476. The van der Waals surface area contributed by atoms with Gasteiger partial charge in [-0.2, -0.15) is 0 Å². The van der Waals surface area contributed by atoms with Gasteiger partial charge in [0.1, 0.15) is 5.60 Å². The van der Waals surface area contributed by atoms with E-state index in [0.717, 1.165) is 0 Å². The summed E-state index contributed by atoms with van der Waals surface area (Å²) in [6.45, 7) is 7.68. The molecule has 24 heavy (non-hydrogen) atoms. The van der Waals surface area contributed by atoms with Gasteiger partial charge >= 0.3 is 18.0 Å². The van der Waals surface area contributed by atoms with E-state index in [4.69, 9.17) is 14.2 Å². The van der Waals surface area contributed by atoms with Crippen LogP contribution < -0.4 is 4.90 Å². The lowest BCUT2D eigenvalue weighted by molar-refractivity contribution is -0.164. The average molecular weight is 335 g/mol. The molecule has 0 aliphatic carbocycles. The Hall–Kier alpha value is -2.57. The zero-order chi connectivity index (χ0) is 18.1. The normalized spacial score (nSPS) is 19.5. The molecular formula is C17H21NO6. The Morgan fingerprint density at radius 2 is 1.58 bits per heavy atom. The Kier molecular flexibility index (Phi) is 4.82. The zero-order valence-corrected chi connectivity index (χ0v) is 14.4. The van der Waals surface area contributed by atoms with E-state index in [-0.39, 0.29) is 0 Å². The molecule has 0 aromatic heterocycles. The largest absolute Gasteiger partial charge is 0.451 e. The number of hydrogen-bond acceptors (Lipinski definition) is 6. The molecule has 0 spiro atoms. The van der Waals surface area contributed by atoms with Crippen molar-refractivity contribution < 1.29 is 28.6 Å². The smallest absolute Gasteiger partial charge is 0.417 e. The van der Waals surface area contributed by atoms with Gasteiger partial charge in [-0.25, -0.2) is 9.69 Å². The Morgan fingerprint density at radius 1 is 1.00 bits per heavy atom. The van der Waals surface area contributed by atoms with E-state index in [2.05, 4.69) is 0 Å². The number of esters is 2. The number of carbonyl (C=O) groups excluding carboxylic acids is 3. The van der Waals surface area contributed by atoms with Crippen LogP contribution >= 0.6 is 0 Å². The van der Waals surface area contributed by atoms with E-state index in [1.165, 1.54) is 18.7 Å². The molecule has 1 aromatic rings. The summed E-state index contributed by atoms with van der Waals surface area (Å²) in [6.07, 6.45) is -2.70. The zero-order valence-electron chi connectivity index (χ0n) is 14.4. The van der Waals surface area contributed by atoms with Crippen molar-refractivity contribution in [1.29, 1.82) is 0 Å². The first-order chi connectivity index (χ1) is 11.1. The lowest BCUT2D eigenvalue weighted by Gasteiger charge is -2.29. The minimum atomic E-state index is -1.11. The van der Waals surface area contributed by atoms with Crippen LogP contribution in [0, 0.1) is 0 Å². The molecule has 0 saturated heterocycles. The second-order valence-electron chi connectivity index (χ2n) is 6.44. The van der Waals surface area contributed by atoms with E-state index < -0.39 is 36.0 Å². The number of para-hydroxylation sites is 1. The molecule has 1 aliphatic heterocycles. The molecule has 0 unspecified atom stereocenters. The van der Waals surface area contributed by atoms with E-state index in [1.807, 2.05) is 0 Å². The number of carbonyl (C=O) groups is 3. The average Bonchev–Trinajstić information content (AvgIpc) is 2.70. The summed E-state index contributed by atoms with van der Waals surface area (Å²) < 4.78 is 16.0. The first-order valence-electron chi connectivity index (χ1n) is 7.56. The molecule has 2 rings (SSSR count). The van der Waals surface area contributed by atoms with Crippen LogP contribution in [0.5, 0.6) is 0 Å². The molecular weight excluding hydrogens is 314 g/mol. The molecule has 0 radical (unpaired) electrons. The standard InChI is InChI=1S/C17H21NO6/c1-10(19)22-14-12-8-6-7-9-13(12)18(15(14)23-11(2)20)16(21)24-17(3,4)5/h6-9,14-15H,1-5H3/t14-,15+/m1/s1. The number of benzene rings is 1. The third-order valence-electron chi connectivity index (χ3n) is 3.19. The maximum absolute atomic E-state index is 12.6. The SMILES string of the molecule is CC(=O)O[C@@H]1c2ccccc2N(C(=O)OC(C)(C)C)[C@H]1OC(C)=O. The van der Waals surface area contributed by atoms with Gasteiger partial charge in [-0.15, -0.1) is 0 Å². The van der Waals surface area contributed by atoms with Gasteiger partial charge in [-0.1, -0.05) is 18.2 Å². The van der Waals surface area contributed by atoms with Crippen LogP contribution in [0.3, 0.4) is 0 Å². The number of rotatable bonds is 2. The monoisotopic (exact) mass is 335 g/mol. The van der Waals surface area contributed by atoms with Gasteiger partial charge in [0, 0.05) is 19.4 Å². The molecule has 1 aliphatic rings. The Bertz CT molecular complexity index is 663. The quantitative estimate of drug-likeness (QED) is 0.610. The maximum Gasteiger partial charge on any atom is 0.417 e. The Balaban J connectivity index is 2.46. The van der Waals surface area contributed by atoms with Gasteiger partial charge in [0.25, 0.3) is 0 Å². The highest BCUT2D eigenvalue weighted by Gasteiger charge is 2.47. The van der Waals surface area contributed by atoms with Gasteiger partial charge in [-0.3, -0.25) is 9.59 Å². The molecule has 1 aromatic carbocycles. The van der Waals surface area contributed by atoms with Crippen LogP contribution in [0.4, 0.5) is 10.5 Å². The van der Waals surface area contributed by atoms with Crippen LogP contribution in [0.1, 0.15) is 46.3 Å². The van der Waals surface area contributed by atoms with Crippen molar-refractivity contribution in [3.05, 3.63) is 29.8 Å². The van der Waals surface area contributed by atoms with Crippen molar-refractivity contribution in [2.45, 2.75) is 52.6 Å². The van der Waals surface area contributed by atoms with Crippen LogP contribution in [0.2, 0.25) is 0 Å². The van der Waals surface area contributed by atoms with Crippen LogP contribution in [0.25, 0.3) is 0 Å². The molecule has 7 heteroatoms. The topological polar surface area (TPSA) is 82.1 Å². The van der Waals surface area contributed by atoms with Crippen LogP contribution in [0.15, 0.2) is 24.3 Å².